The molecule has 6 nitrogen and oxygen atoms in total. The molecule has 0 aliphatic rings. The Morgan fingerprint density at radius 2 is 1.87 bits per heavy atom. The van der Waals surface area contributed by atoms with Crippen LogP contribution in [0.4, 0.5) is 0 Å². The molecular weight excluding hydrogens is 432 g/mol. The molecule has 0 spiro atoms. The molecule has 4 aromatic rings. The Morgan fingerprint density at radius 1 is 1.16 bits per heavy atom. The largest absolute Gasteiger partial charge is 0.341 e. The average molecular weight is 453 g/mol. The maximum absolute atomic E-state index is 13.0. The summed E-state index contributed by atoms with van der Waals surface area (Å²) in [5.74, 6) is -0.115. The molecule has 2 heterocycles. The number of rotatable bonds is 6. The highest BCUT2D eigenvalue weighted by Crippen LogP contribution is 2.25. The number of aryl methyl sites for hydroxylation is 1. The lowest BCUT2D eigenvalue weighted by Gasteiger charge is -2.16. The second-order valence-corrected chi connectivity index (χ2v) is 8.56. The zero-order valence-corrected chi connectivity index (χ0v) is 18.7. The number of aromatic amines is 1. The minimum atomic E-state index is -0.254. The number of carbonyl (C=O) groups excluding carboxylic acids is 1. The van der Waals surface area contributed by atoms with Gasteiger partial charge < -0.3 is 4.90 Å². The van der Waals surface area contributed by atoms with Gasteiger partial charge in [-0.25, -0.2) is 4.98 Å². The second-order valence-electron chi connectivity index (χ2n) is 7.29. The number of thiazole rings is 1. The second kappa shape index (κ2) is 8.91. The van der Waals surface area contributed by atoms with Gasteiger partial charge in [-0.2, -0.15) is 4.68 Å². The fourth-order valence-electron chi connectivity index (χ4n) is 3.28. The lowest BCUT2D eigenvalue weighted by atomic mass is 10.1. The molecule has 0 saturated carbocycles. The Balaban J connectivity index is 1.53. The number of likely N-dealkylation sites (N-methyl/N-ethyl adjacent to an activating group) is 1. The SMILES string of the molecule is Cc1[nH]n(-c2nc(-c3ccc(Cl)cc3)cs2)c(=O)c1CC(=O)N(C)Cc1ccccc1. The van der Waals surface area contributed by atoms with E-state index in [0.717, 1.165) is 16.8 Å². The van der Waals surface area contributed by atoms with Gasteiger partial charge in [-0.05, 0) is 24.6 Å². The van der Waals surface area contributed by atoms with Gasteiger partial charge in [0.25, 0.3) is 5.56 Å². The average Bonchev–Trinajstić information content (AvgIpc) is 3.35. The summed E-state index contributed by atoms with van der Waals surface area (Å²) in [5, 5.41) is 6.12. The van der Waals surface area contributed by atoms with Crippen molar-refractivity contribution in [3.63, 3.8) is 0 Å². The highest BCUT2D eigenvalue weighted by atomic mass is 35.5. The van der Waals surface area contributed by atoms with Crippen molar-refractivity contribution in [1.29, 1.82) is 0 Å². The van der Waals surface area contributed by atoms with Gasteiger partial charge >= 0.3 is 0 Å². The predicted molar refractivity (Wildman–Crippen MR) is 124 cm³/mol. The Bertz CT molecular complexity index is 1260. The van der Waals surface area contributed by atoms with E-state index in [9.17, 15) is 9.59 Å². The molecule has 0 aliphatic heterocycles. The summed E-state index contributed by atoms with van der Waals surface area (Å²) in [5.41, 5.74) is 3.58. The number of benzene rings is 2. The van der Waals surface area contributed by atoms with Crippen LogP contribution in [0.5, 0.6) is 0 Å². The summed E-state index contributed by atoms with van der Waals surface area (Å²) in [6, 6.07) is 17.1. The van der Waals surface area contributed by atoms with Crippen LogP contribution >= 0.6 is 22.9 Å². The van der Waals surface area contributed by atoms with Crippen molar-refractivity contribution in [3.8, 4) is 16.4 Å². The van der Waals surface area contributed by atoms with Gasteiger partial charge in [0, 0.05) is 40.8 Å². The van der Waals surface area contributed by atoms with Crippen LogP contribution in [0.25, 0.3) is 16.4 Å². The highest BCUT2D eigenvalue weighted by Gasteiger charge is 2.19. The highest BCUT2D eigenvalue weighted by molar-refractivity contribution is 7.12. The van der Waals surface area contributed by atoms with Crippen molar-refractivity contribution < 1.29 is 4.79 Å². The molecule has 0 atom stereocenters. The van der Waals surface area contributed by atoms with Crippen LogP contribution < -0.4 is 5.56 Å². The monoisotopic (exact) mass is 452 g/mol. The molecule has 0 unspecified atom stereocenters. The quantitative estimate of drug-likeness (QED) is 0.469. The number of H-pyrrole nitrogens is 1. The van der Waals surface area contributed by atoms with Gasteiger partial charge in [0.15, 0.2) is 0 Å². The molecule has 2 aromatic carbocycles. The van der Waals surface area contributed by atoms with E-state index >= 15 is 0 Å². The number of amides is 1. The number of hydrogen-bond acceptors (Lipinski definition) is 4. The van der Waals surface area contributed by atoms with Crippen LogP contribution in [0.15, 0.2) is 64.8 Å². The number of nitrogens with one attached hydrogen (secondary N) is 1. The van der Waals surface area contributed by atoms with Gasteiger partial charge in [0.05, 0.1) is 12.1 Å². The molecule has 2 aromatic heterocycles. The van der Waals surface area contributed by atoms with E-state index in [-0.39, 0.29) is 17.9 Å². The van der Waals surface area contributed by atoms with E-state index in [4.69, 9.17) is 11.6 Å². The van der Waals surface area contributed by atoms with Gasteiger partial charge in [-0.15, -0.1) is 11.3 Å². The van der Waals surface area contributed by atoms with Crippen LogP contribution in [0.3, 0.4) is 0 Å². The summed E-state index contributed by atoms with van der Waals surface area (Å²) in [6.07, 6.45) is 0.0346. The Labute approximate surface area is 188 Å². The lowest BCUT2D eigenvalue weighted by Crippen LogP contribution is -2.30. The molecule has 8 heteroatoms. The smallest absolute Gasteiger partial charge is 0.277 e. The summed E-state index contributed by atoms with van der Waals surface area (Å²) in [7, 11) is 1.75. The minimum absolute atomic E-state index is 0.0346. The van der Waals surface area contributed by atoms with E-state index in [1.807, 2.05) is 47.8 Å². The summed E-state index contributed by atoms with van der Waals surface area (Å²) >= 11 is 7.31. The first kappa shape index (κ1) is 21.1. The molecule has 0 fully saturated rings. The Kier molecular flexibility index (Phi) is 6.06. The van der Waals surface area contributed by atoms with Gasteiger partial charge in [0.2, 0.25) is 11.0 Å². The maximum Gasteiger partial charge on any atom is 0.277 e. The van der Waals surface area contributed by atoms with Gasteiger partial charge in [-0.1, -0.05) is 54.1 Å². The van der Waals surface area contributed by atoms with Crippen molar-refractivity contribution in [2.24, 2.45) is 0 Å². The molecule has 0 aliphatic carbocycles. The third-order valence-corrected chi connectivity index (χ3v) is 6.11. The molecule has 1 amide bonds. The van der Waals surface area contributed by atoms with E-state index in [1.54, 1.807) is 31.0 Å². The van der Waals surface area contributed by atoms with Crippen molar-refractivity contribution in [2.75, 3.05) is 7.05 Å². The first-order valence-electron chi connectivity index (χ1n) is 9.72. The topological polar surface area (TPSA) is 71.0 Å². The molecule has 4 rings (SSSR count). The zero-order chi connectivity index (χ0) is 22.0. The predicted octanol–water partition coefficient (Wildman–Crippen LogP) is 4.45. The van der Waals surface area contributed by atoms with Crippen molar-refractivity contribution >= 4 is 28.8 Å². The van der Waals surface area contributed by atoms with E-state index < -0.39 is 0 Å². The summed E-state index contributed by atoms with van der Waals surface area (Å²) in [4.78, 5) is 31.9. The first-order valence-corrected chi connectivity index (χ1v) is 11.0. The van der Waals surface area contributed by atoms with Crippen molar-refractivity contribution in [3.05, 3.63) is 92.2 Å². The van der Waals surface area contributed by atoms with Crippen LogP contribution in [0, 0.1) is 6.92 Å². The number of carbonyl (C=O) groups is 1. The standard InChI is InChI=1S/C23H21ClN4O2S/c1-15-19(12-21(29)27(2)13-16-6-4-3-5-7-16)22(30)28(26-15)23-25-20(14-31-23)17-8-10-18(24)11-9-17/h3-11,14,26H,12-13H2,1-2H3. The molecule has 31 heavy (non-hydrogen) atoms. The van der Waals surface area contributed by atoms with Crippen LogP contribution in [0.1, 0.15) is 16.8 Å². The number of aromatic nitrogens is 3. The van der Waals surface area contributed by atoms with Gasteiger partial charge in [-0.3, -0.25) is 14.7 Å². The lowest BCUT2D eigenvalue weighted by molar-refractivity contribution is -0.129. The molecule has 0 saturated heterocycles. The summed E-state index contributed by atoms with van der Waals surface area (Å²) < 4.78 is 1.40. The van der Waals surface area contributed by atoms with E-state index in [2.05, 4.69) is 10.1 Å². The Morgan fingerprint density at radius 3 is 2.58 bits per heavy atom. The molecule has 158 valence electrons. The van der Waals surface area contributed by atoms with Crippen LogP contribution in [0.2, 0.25) is 5.02 Å². The zero-order valence-electron chi connectivity index (χ0n) is 17.1. The van der Waals surface area contributed by atoms with E-state index in [1.165, 1.54) is 16.0 Å². The molecule has 0 bridgehead atoms. The van der Waals surface area contributed by atoms with Crippen LogP contribution in [-0.2, 0) is 17.8 Å². The van der Waals surface area contributed by atoms with E-state index in [0.29, 0.717) is 28.0 Å². The third kappa shape index (κ3) is 4.62. The third-order valence-electron chi connectivity index (χ3n) is 5.03. The molecule has 1 N–H and O–H groups in total. The number of hydrogen-bond donors (Lipinski definition) is 1. The fraction of sp³-hybridized carbons (Fsp3) is 0.174. The number of nitrogens with zero attached hydrogens (tertiary/aromatic N) is 3. The molecular formula is C23H21ClN4O2S. The molecule has 0 radical (unpaired) electrons. The van der Waals surface area contributed by atoms with Gasteiger partial charge in [0.1, 0.15) is 0 Å². The Hall–Kier alpha value is -3.16. The number of halogens is 1. The van der Waals surface area contributed by atoms with Crippen molar-refractivity contribution in [1.82, 2.24) is 19.7 Å². The first-order chi connectivity index (χ1) is 14.9. The van der Waals surface area contributed by atoms with Crippen molar-refractivity contribution in [2.45, 2.75) is 19.9 Å². The summed E-state index contributed by atoms with van der Waals surface area (Å²) in [6.45, 7) is 2.29. The van der Waals surface area contributed by atoms with Crippen LogP contribution in [-0.4, -0.2) is 32.6 Å². The minimum Gasteiger partial charge on any atom is -0.341 e. The maximum atomic E-state index is 13.0. The fourth-order valence-corrected chi connectivity index (χ4v) is 4.19. The normalized spacial score (nSPS) is 10.9.